The fraction of sp³-hybridized carbons (Fsp3) is 0. The molecule has 0 radical (unpaired) electrons. The van der Waals surface area contributed by atoms with Gasteiger partial charge in [0.2, 0.25) is 0 Å². The van der Waals surface area contributed by atoms with E-state index in [0.29, 0.717) is 32.3 Å². The maximum atomic E-state index is 11.7. The number of hydrogen-bond acceptors (Lipinski definition) is 8. The third-order valence-electron chi connectivity index (χ3n) is 5.78. The second-order valence-electron chi connectivity index (χ2n) is 7.29. The van der Waals surface area contributed by atoms with Crippen molar-refractivity contribution in [3.8, 4) is 0 Å². The smallest absolute Gasteiger partial charge is 0.545 e. The van der Waals surface area contributed by atoms with Crippen LogP contribution in [0.3, 0.4) is 0 Å². The van der Waals surface area contributed by atoms with Gasteiger partial charge in [0.05, 0.1) is 23.9 Å². The van der Waals surface area contributed by atoms with E-state index in [4.69, 9.17) is 0 Å². The van der Waals surface area contributed by atoms with Crippen molar-refractivity contribution in [3.63, 3.8) is 0 Å². The van der Waals surface area contributed by atoms with Crippen LogP contribution in [-0.2, 0) is 0 Å². The minimum Gasteiger partial charge on any atom is -0.545 e. The number of aromatic carboxylic acids is 4. The molecule has 0 aliphatic carbocycles. The first kappa shape index (κ1) is 33.3. The second-order valence-corrected chi connectivity index (χ2v) is 7.29. The number of carboxylic acids is 4. The Bertz CT molecular complexity index is 1460. The molecular formula is C24H8Na4O8. The van der Waals surface area contributed by atoms with Crippen molar-refractivity contribution in [3.05, 3.63) is 70.8 Å². The Labute approximate surface area is 291 Å². The van der Waals surface area contributed by atoms with Gasteiger partial charge < -0.3 is 39.6 Å². The number of benzene rings is 5. The van der Waals surface area contributed by atoms with Crippen molar-refractivity contribution in [2.24, 2.45) is 0 Å². The zero-order chi connectivity index (χ0) is 22.9. The monoisotopic (exact) mass is 516 g/mol. The molecule has 0 saturated heterocycles. The summed E-state index contributed by atoms with van der Waals surface area (Å²) in [6.45, 7) is 0. The van der Waals surface area contributed by atoms with Gasteiger partial charge in [-0.2, -0.15) is 0 Å². The summed E-state index contributed by atoms with van der Waals surface area (Å²) in [5.74, 6) is -6.31. The normalized spacial score (nSPS) is 10.2. The summed E-state index contributed by atoms with van der Waals surface area (Å²) in [6.07, 6.45) is 0. The van der Waals surface area contributed by atoms with Crippen LogP contribution in [0.25, 0.3) is 43.1 Å². The van der Waals surface area contributed by atoms with Gasteiger partial charge in [-0.3, -0.25) is 0 Å². The van der Waals surface area contributed by atoms with Crippen LogP contribution >= 0.6 is 0 Å². The molecule has 0 fully saturated rings. The number of carbonyl (C=O) groups excluding carboxylic acids is 4. The largest absolute Gasteiger partial charge is 1.00 e. The Morgan fingerprint density at radius 1 is 0.361 bits per heavy atom. The Hall–Kier alpha value is -0.720. The summed E-state index contributed by atoms with van der Waals surface area (Å²) < 4.78 is 0. The quantitative estimate of drug-likeness (QED) is 0.129. The van der Waals surface area contributed by atoms with Crippen LogP contribution in [0.15, 0.2) is 48.5 Å². The molecular weight excluding hydrogens is 508 g/mol. The van der Waals surface area contributed by atoms with E-state index >= 15 is 0 Å². The molecule has 0 aliphatic rings. The zero-order valence-electron chi connectivity index (χ0n) is 19.9. The minimum atomic E-state index is -1.58. The summed E-state index contributed by atoms with van der Waals surface area (Å²) in [6, 6.07) is 10.5. The maximum Gasteiger partial charge on any atom is 1.00 e. The van der Waals surface area contributed by atoms with Crippen LogP contribution in [0.4, 0.5) is 0 Å². The molecule has 0 N–H and O–H groups in total. The van der Waals surface area contributed by atoms with Gasteiger partial charge in [0, 0.05) is 33.0 Å². The first-order valence-corrected chi connectivity index (χ1v) is 9.28. The first-order chi connectivity index (χ1) is 15.2. The Kier molecular flexibility index (Phi) is 11.5. The molecule has 8 nitrogen and oxygen atoms in total. The van der Waals surface area contributed by atoms with E-state index in [1.54, 1.807) is 0 Å². The molecule has 5 aromatic rings. The molecule has 156 valence electrons. The molecule has 5 rings (SSSR count). The SMILES string of the molecule is O=C([O-])c1ccc2c3ccc(C(=O)[O-])c4c(C(=O)[O-])ccc(c5ccc(C(=O)[O-])c1c25)c43.[Na+].[Na+].[Na+].[Na+]. The molecule has 0 bridgehead atoms. The van der Waals surface area contributed by atoms with Gasteiger partial charge in [0.15, 0.2) is 0 Å². The summed E-state index contributed by atoms with van der Waals surface area (Å²) in [5.41, 5.74) is -1.38. The average molecular weight is 516 g/mol. The molecule has 0 heterocycles. The van der Waals surface area contributed by atoms with Gasteiger partial charge in [-0.15, -0.1) is 0 Å². The Morgan fingerprint density at radius 2 is 0.556 bits per heavy atom. The van der Waals surface area contributed by atoms with Crippen molar-refractivity contribution in [2.45, 2.75) is 0 Å². The molecule has 36 heavy (non-hydrogen) atoms. The van der Waals surface area contributed by atoms with E-state index < -0.39 is 23.9 Å². The van der Waals surface area contributed by atoms with Gasteiger partial charge in [-0.1, -0.05) is 48.5 Å². The van der Waals surface area contributed by atoms with Crippen molar-refractivity contribution >= 4 is 67.0 Å². The zero-order valence-corrected chi connectivity index (χ0v) is 27.9. The van der Waals surface area contributed by atoms with Crippen molar-refractivity contribution in [1.82, 2.24) is 0 Å². The third kappa shape index (κ3) is 5.00. The van der Waals surface area contributed by atoms with E-state index in [-0.39, 0.29) is 151 Å². The number of fused-ring (bicyclic) bond motifs is 2. The van der Waals surface area contributed by atoms with E-state index in [1.807, 2.05) is 0 Å². The summed E-state index contributed by atoms with van der Waals surface area (Å²) in [7, 11) is 0. The number of carboxylic acid groups (broad SMARTS) is 4. The van der Waals surface area contributed by atoms with Gasteiger partial charge >= 0.3 is 118 Å². The molecule has 0 amide bonds. The predicted octanol–water partition coefficient (Wildman–Crippen LogP) is -12.8. The van der Waals surface area contributed by atoms with E-state index in [9.17, 15) is 39.6 Å². The molecule has 5 aromatic carbocycles. The molecule has 0 spiro atoms. The maximum absolute atomic E-state index is 11.7. The van der Waals surface area contributed by atoms with Gasteiger partial charge in [0.1, 0.15) is 0 Å². The summed E-state index contributed by atoms with van der Waals surface area (Å²) in [4.78, 5) is 46.9. The van der Waals surface area contributed by atoms with Crippen LogP contribution in [0.2, 0.25) is 0 Å². The first-order valence-electron chi connectivity index (χ1n) is 9.28. The Balaban J connectivity index is 0.00000162. The Morgan fingerprint density at radius 3 is 0.722 bits per heavy atom. The van der Waals surface area contributed by atoms with Crippen molar-refractivity contribution < 1.29 is 158 Å². The van der Waals surface area contributed by atoms with Gasteiger partial charge in [-0.05, 0) is 32.3 Å². The van der Waals surface area contributed by atoms with Crippen LogP contribution < -0.4 is 139 Å². The number of carbonyl (C=O) groups is 4. The molecule has 0 unspecified atom stereocenters. The standard InChI is InChI=1S/C24H12O8.4Na/c25-21(26)13-5-1-9-10-2-6-15(23(29)30)20-16(24(31)32)8-4-12(18(10)20)11-3-7-14(22(27)28)19(13)17(9)11;;;;/h1-8H,(H,25,26)(H,27,28)(H,29,30)(H,31,32);;;;/q;4*+1/p-4. The van der Waals surface area contributed by atoms with Gasteiger partial charge in [-0.25, -0.2) is 0 Å². The minimum absolute atomic E-state index is 0. The van der Waals surface area contributed by atoms with E-state index in [1.165, 1.54) is 48.5 Å². The topological polar surface area (TPSA) is 161 Å². The fourth-order valence-corrected chi connectivity index (χ4v) is 4.57. The predicted molar refractivity (Wildman–Crippen MR) is 105 cm³/mol. The molecule has 12 heteroatoms. The molecule has 0 aromatic heterocycles. The van der Waals surface area contributed by atoms with Crippen LogP contribution in [0, 0.1) is 0 Å². The van der Waals surface area contributed by atoms with Crippen molar-refractivity contribution in [1.29, 1.82) is 0 Å². The summed E-state index contributed by atoms with van der Waals surface area (Å²) in [5, 5.41) is 48.9. The average Bonchev–Trinajstić information content (AvgIpc) is 2.75. The van der Waals surface area contributed by atoms with Crippen molar-refractivity contribution in [2.75, 3.05) is 0 Å². The van der Waals surface area contributed by atoms with Gasteiger partial charge in [0.25, 0.3) is 0 Å². The van der Waals surface area contributed by atoms with E-state index in [0.717, 1.165) is 0 Å². The number of hydrogen-bond donors (Lipinski definition) is 0. The van der Waals surface area contributed by atoms with Crippen LogP contribution in [0.5, 0.6) is 0 Å². The molecule has 0 aliphatic heterocycles. The summed E-state index contributed by atoms with van der Waals surface area (Å²) >= 11 is 0. The third-order valence-corrected chi connectivity index (χ3v) is 5.78. The molecule has 0 saturated carbocycles. The van der Waals surface area contributed by atoms with Crippen LogP contribution in [-0.4, -0.2) is 23.9 Å². The fourth-order valence-electron chi connectivity index (χ4n) is 4.57. The number of rotatable bonds is 4. The van der Waals surface area contributed by atoms with Crippen LogP contribution in [0.1, 0.15) is 41.4 Å². The van der Waals surface area contributed by atoms with E-state index in [2.05, 4.69) is 0 Å². The second kappa shape index (κ2) is 12.4. The molecule has 0 atom stereocenters.